The van der Waals surface area contributed by atoms with Gasteiger partial charge in [0.2, 0.25) is 0 Å². The molecular weight excluding hydrogens is 258 g/mol. The Bertz CT molecular complexity index is 433. The highest BCUT2D eigenvalue weighted by molar-refractivity contribution is 5.19. The van der Waals surface area contributed by atoms with Crippen molar-refractivity contribution >= 4 is 0 Å². The maximum absolute atomic E-state index is 3.67. The zero-order valence-corrected chi connectivity index (χ0v) is 13.5. The van der Waals surface area contributed by atoms with Crippen LogP contribution in [0.2, 0.25) is 0 Å². The van der Waals surface area contributed by atoms with Crippen LogP contribution in [0.25, 0.3) is 0 Å². The second kappa shape index (κ2) is 6.91. The minimum absolute atomic E-state index is 0.457. The van der Waals surface area contributed by atoms with Crippen molar-refractivity contribution in [2.75, 3.05) is 33.2 Å². The Balaban J connectivity index is 1.66. The number of nitrogens with one attached hydrogen (secondary N) is 1. The fourth-order valence-electron chi connectivity index (χ4n) is 4.02. The highest BCUT2D eigenvalue weighted by Gasteiger charge is 2.35. The second-order valence-electron chi connectivity index (χ2n) is 6.62. The number of hydrogen-bond donors (Lipinski definition) is 1. The van der Waals surface area contributed by atoms with Crippen LogP contribution in [0.4, 0.5) is 0 Å². The van der Waals surface area contributed by atoms with Gasteiger partial charge in [-0.2, -0.15) is 0 Å². The molecule has 116 valence electrons. The number of fused-ring (bicyclic) bond motifs is 2. The van der Waals surface area contributed by atoms with Crippen LogP contribution in [0.5, 0.6) is 0 Å². The molecule has 2 bridgehead atoms. The van der Waals surface area contributed by atoms with Gasteiger partial charge in [-0.25, -0.2) is 0 Å². The van der Waals surface area contributed by atoms with Gasteiger partial charge >= 0.3 is 0 Å². The summed E-state index contributed by atoms with van der Waals surface area (Å²) in [5, 5.41) is 3.67. The van der Waals surface area contributed by atoms with E-state index < -0.39 is 0 Å². The molecule has 3 atom stereocenters. The average Bonchev–Trinajstić information content (AvgIpc) is 2.75. The van der Waals surface area contributed by atoms with E-state index in [1.54, 1.807) is 0 Å². The van der Waals surface area contributed by atoms with E-state index in [1.807, 2.05) is 0 Å². The molecule has 0 aromatic heterocycles. The van der Waals surface area contributed by atoms with Crippen LogP contribution >= 0.6 is 0 Å². The molecule has 3 heteroatoms. The molecular formula is C18H29N3. The Morgan fingerprint density at radius 3 is 2.67 bits per heavy atom. The van der Waals surface area contributed by atoms with Crippen molar-refractivity contribution in [3.8, 4) is 0 Å². The van der Waals surface area contributed by atoms with Crippen molar-refractivity contribution in [1.29, 1.82) is 0 Å². The van der Waals surface area contributed by atoms with Gasteiger partial charge in [0.1, 0.15) is 0 Å². The minimum Gasteiger partial charge on any atom is -0.309 e. The summed E-state index contributed by atoms with van der Waals surface area (Å²) in [4.78, 5) is 5.31. The van der Waals surface area contributed by atoms with Gasteiger partial charge in [0.25, 0.3) is 0 Å². The van der Waals surface area contributed by atoms with Crippen LogP contribution in [0.1, 0.15) is 37.8 Å². The van der Waals surface area contributed by atoms with E-state index in [0.29, 0.717) is 6.04 Å². The van der Waals surface area contributed by atoms with Crippen LogP contribution in [-0.2, 0) is 0 Å². The molecule has 2 saturated heterocycles. The summed E-state index contributed by atoms with van der Waals surface area (Å²) in [5.74, 6) is 0. The first kappa shape index (κ1) is 15.0. The monoisotopic (exact) mass is 287 g/mol. The van der Waals surface area contributed by atoms with Gasteiger partial charge in [-0.3, -0.25) is 9.80 Å². The molecule has 3 unspecified atom stereocenters. The summed E-state index contributed by atoms with van der Waals surface area (Å²) in [6, 6.07) is 13.0. The average molecular weight is 287 g/mol. The van der Waals surface area contributed by atoms with Crippen LogP contribution < -0.4 is 5.32 Å². The molecule has 3 nitrogen and oxygen atoms in total. The molecule has 0 aliphatic carbocycles. The zero-order valence-electron chi connectivity index (χ0n) is 13.5. The lowest BCUT2D eigenvalue weighted by Gasteiger charge is -2.30. The summed E-state index contributed by atoms with van der Waals surface area (Å²) in [5.41, 5.74) is 1.42. The molecule has 1 aromatic carbocycles. The highest BCUT2D eigenvalue weighted by Crippen LogP contribution is 2.29. The molecule has 0 spiro atoms. The molecule has 2 aliphatic rings. The lowest BCUT2D eigenvalue weighted by atomic mass is 10.0. The normalized spacial score (nSPS) is 28.5. The van der Waals surface area contributed by atoms with Gasteiger partial charge in [-0.1, -0.05) is 37.3 Å². The Kier molecular flexibility index (Phi) is 4.94. The van der Waals surface area contributed by atoms with E-state index in [0.717, 1.165) is 25.2 Å². The van der Waals surface area contributed by atoms with Crippen LogP contribution in [0, 0.1) is 0 Å². The predicted octanol–water partition coefficient (Wildman–Crippen LogP) is 2.51. The van der Waals surface area contributed by atoms with E-state index >= 15 is 0 Å². The number of benzene rings is 1. The third-order valence-electron chi connectivity index (χ3n) is 5.33. The minimum atomic E-state index is 0.457. The van der Waals surface area contributed by atoms with Gasteiger partial charge in [0.15, 0.2) is 0 Å². The molecule has 0 radical (unpaired) electrons. The number of hydrogen-bond acceptors (Lipinski definition) is 3. The lowest BCUT2D eigenvalue weighted by molar-refractivity contribution is 0.205. The van der Waals surface area contributed by atoms with Crippen LogP contribution in [-0.4, -0.2) is 55.1 Å². The Hall–Kier alpha value is -0.900. The molecule has 0 saturated carbocycles. The largest absolute Gasteiger partial charge is 0.309 e. The standard InChI is InChI=1S/C18H29N3/c1-3-19-18(15-7-5-4-6-8-15)14-21-12-11-16-9-10-17(13-21)20(16)2/h4-8,16-19H,3,9-14H2,1-2H3. The highest BCUT2D eigenvalue weighted by atomic mass is 15.3. The van der Waals surface area contributed by atoms with Crippen molar-refractivity contribution in [2.24, 2.45) is 0 Å². The number of rotatable bonds is 5. The fraction of sp³-hybridized carbons (Fsp3) is 0.667. The SMILES string of the molecule is CCNC(CN1CCC2CCC(C1)N2C)c1ccccc1. The van der Waals surface area contributed by atoms with Gasteiger partial charge in [-0.05, 0) is 45.0 Å². The summed E-state index contributed by atoms with van der Waals surface area (Å²) in [6.45, 7) is 6.85. The maximum atomic E-state index is 3.67. The second-order valence-corrected chi connectivity index (χ2v) is 6.62. The van der Waals surface area contributed by atoms with E-state index in [2.05, 4.69) is 59.4 Å². The Labute approximate surface area is 129 Å². The summed E-state index contributed by atoms with van der Waals surface area (Å²) in [6.07, 6.45) is 4.12. The third-order valence-corrected chi connectivity index (χ3v) is 5.33. The van der Waals surface area contributed by atoms with Crippen molar-refractivity contribution in [3.63, 3.8) is 0 Å². The summed E-state index contributed by atoms with van der Waals surface area (Å²) < 4.78 is 0. The van der Waals surface area contributed by atoms with Gasteiger partial charge in [0.05, 0.1) is 0 Å². The smallest absolute Gasteiger partial charge is 0.0449 e. The topological polar surface area (TPSA) is 18.5 Å². The zero-order chi connectivity index (χ0) is 14.7. The number of likely N-dealkylation sites (N-methyl/N-ethyl adjacent to an activating group) is 2. The Morgan fingerprint density at radius 1 is 1.14 bits per heavy atom. The van der Waals surface area contributed by atoms with Crippen LogP contribution in [0.15, 0.2) is 30.3 Å². The van der Waals surface area contributed by atoms with E-state index in [4.69, 9.17) is 0 Å². The van der Waals surface area contributed by atoms with Gasteiger partial charge in [-0.15, -0.1) is 0 Å². The quantitative estimate of drug-likeness (QED) is 0.898. The van der Waals surface area contributed by atoms with Crippen LogP contribution in [0.3, 0.4) is 0 Å². The Morgan fingerprint density at radius 2 is 1.90 bits per heavy atom. The molecule has 0 amide bonds. The van der Waals surface area contributed by atoms with E-state index in [1.165, 1.54) is 37.9 Å². The molecule has 2 fully saturated rings. The maximum Gasteiger partial charge on any atom is 0.0449 e. The lowest BCUT2D eigenvalue weighted by Crippen LogP contribution is -2.40. The van der Waals surface area contributed by atoms with Gasteiger partial charge < -0.3 is 5.32 Å². The van der Waals surface area contributed by atoms with E-state index in [-0.39, 0.29) is 0 Å². The van der Waals surface area contributed by atoms with Crippen molar-refractivity contribution in [3.05, 3.63) is 35.9 Å². The number of nitrogens with zero attached hydrogens (tertiary/aromatic N) is 2. The predicted molar refractivity (Wildman–Crippen MR) is 88.5 cm³/mol. The molecule has 1 N–H and O–H groups in total. The first-order valence-corrected chi connectivity index (χ1v) is 8.50. The van der Waals surface area contributed by atoms with E-state index in [9.17, 15) is 0 Å². The summed E-state index contributed by atoms with van der Waals surface area (Å²) in [7, 11) is 2.32. The molecule has 21 heavy (non-hydrogen) atoms. The number of likely N-dealkylation sites (tertiary alicyclic amines) is 1. The fourth-order valence-corrected chi connectivity index (χ4v) is 4.02. The molecule has 3 rings (SSSR count). The molecule has 2 heterocycles. The molecule has 1 aromatic rings. The van der Waals surface area contributed by atoms with Crippen molar-refractivity contribution in [2.45, 2.75) is 44.3 Å². The summed E-state index contributed by atoms with van der Waals surface area (Å²) >= 11 is 0. The van der Waals surface area contributed by atoms with Gasteiger partial charge in [0, 0.05) is 31.2 Å². The van der Waals surface area contributed by atoms with Crippen molar-refractivity contribution in [1.82, 2.24) is 15.1 Å². The first-order valence-electron chi connectivity index (χ1n) is 8.50. The third kappa shape index (κ3) is 3.47. The first-order chi connectivity index (χ1) is 10.3. The van der Waals surface area contributed by atoms with Crippen molar-refractivity contribution < 1.29 is 0 Å². The molecule has 2 aliphatic heterocycles.